The first kappa shape index (κ1) is 19.0. The number of hydrogen-bond acceptors (Lipinski definition) is 4. The zero-order chi connectivity index (χ0) is 16.3. The van der Waals surface area contributed by atoms with E-state index in [1.807, 2.05) is 36.4 Å². The van der Waals surface area contributed by atoms with Gasteiger partial charge < -0.3 is 9.05 Å². The van der Waals surface area contributed by atoms with Crippen molar-refractivity contribution < 1.29 is 13.6 Å². The third-order valence-corrected chi connectivity index (χ3v) is 6.85. The highest BCUT2D eigenvalue weighted by molar-refractivity contribution is 8.05. The summed E-state index contributed by atoms with van der Waals surface area (Å²) >= 11 is 1.51. The van der Waals surface area contributed by atoms with Gasteiger partial charge in [-0.2, -0.15) is 0 Å². The molecule has 5 heteroatoms. The lowest BCUT2D eigenvalue weighted by molar-refractivity contribution is 0.234. The van der Waals surface area contributed by atoms with Crippen molar-refractivity contribution in [2.24, 2.45) is 0 Å². The van der Waals surface area contributed by atoms with Gasteiger partial charge in [0.25, 0.3) is 0 Å². The van der Waals surface area contributed by atoms with Crippen LogP contribution in [0.5, 0.6) is 0 Å². The van der Waals surface area contributed by atoms with Gasteiger partial charge in [-0.3, -0.25) is 4.57 Å². The van der Waals surface area contributed by atoms with Gasteiger partial charge in [-0.15, -0.1) is 31.5 Å². The Bertz CT molecular complexity index is 500. The molecule has 0 aliphatic carbocycles. The molecule has 1 rings (SSSR count). The molecule has 0 aliphatic rings. The summed E-state index contributed by atoms with van der Waals surface area (Å²) < 4.78 is 24.2. The van der Waals surface area contributed by atoms with Gasteiger partial charge in [0.2, 0.25) is 0 Å². The number of benzene rings is 1. The topological polar surface area (TPSA) is 35.5 Å². The largest absolute Gasteiger partial charge is 0.344 e. The lowest BCUT2D eigenvalue weighted by Gasteiger charge is -2.25. The number of allylic oxidation sites excluding steroid dienone is 1. The summed E-state index contributed by atoms with van der Waals surface area (Å²) in [5.41, 5.74) is 0. The minimum atomic E-state index is -3.29. The molecule has 0 N–H and O–H groups in total. The third kappa shape index (κ3) is 6.37. The van der Waals surface area contributed by atoms with Gasteiger partial charge in [-0.1, -0.05) is 36.4 Å². The summed E-state index contributed by atoms with van der Waals surface area (Å²) in [5, 5.41) is 0. The fourth-order valence-electron chi connectivity index (χ4n) is 1.71. The van der Waals surface area contributed by atoms with Crippen molar-refractivity contribution in [1.82, 2.24) is 0 Å². The molecular formula is C17H23O3PS. The Morgan fingerprint density at radius 2 is 1.64 bits per heavy atom. The molecule has 22 heavy (non-hydrogen) atoms. The van der Waals surface area contributed by atoms with Gasteiger partial charge in [0.15, 0.2) is 0 Å². The highest BCUT2D eigenvalue weighted by Gasteiger charge is 2.36. The van der Waals surface area contributed by atoms with E-state index in [9.17, 15) is 4.57 Å². The van der Waals surface area contributed by atoms with Gasteiger partial charge in [0.05, 0.1) is 13.2 Å². The van der Waals surface area contributed by atoms with E-state index in [-0.39, 0.29) is 18.2 Å². The van der Waals surface area contributed by atoms with Crippen molar-refractivity contribution in [3.05, 3.63) is 68.3 Å². The zero-order valence-corrected chi connectivity index (χ0v) is 14.4. The van der Waals surface area contributed by atoms with E-state index in [1.54, 1.807) is 12.2 Å². The molecule has 0 radical (unpaired) electrons. The third-order valence-electron chi connectivity index (χ3n) is 2.73. The van der Waals surface area contributed by atoms with Gasteiger partial charge in [0.1, 0.15) is 4.99 Å². The minimum Gasteiger partial charge on any atom is -0.304 e. The molecule has 0 fully saturated rings. The van der Waals surface area contributed by atoms with Crippen LogP contribution in [-0.2, 0) is 13.6 Å². The molecule has 0 saturated carbocycles. The van der Waals surface area contributed by atoms with Crippen molar-refractivity contribution in [2.45, 2.75) is 22.7 Å². The zero-order valence-electron chi connectivity index (χ0n) is 12.7. The van der Waals surface area contributed by atoms with Crippen LogP contribution in [0.3, 0.4) is 0 Å². The second kappa shape index (κ2) is 10.6. The van der Waals surface area contributed by atoms with Crippen LogP contribution in [0, 0.1) is 0 Å². The molecule has 120 valence electrons. The SMILES string of the molecule is C=CCCC(Sc1ccccc1)P(=O)(OCC=C)OCC=C. The Balaban J connectivity index is 2.95. The molecule has 1 aromatic carbocycles. The molecule has 0 bridgehead atoms. The molecular weight excluding hydrogens is 315 g/mol. The van der Waals surface area contributed by atoms with Crippen molar-refractivity contribution in [1.29, 1.82) is 0 Å². The average molecular weight is 338 g/mol. The minimum absolute atomic E-state index is 0.189. The Morgan fingerprint density at radius 3 is 2.14 bits per heavy atom. The Kier molecular flexibility index (Phi) is 9.17. The van der Waals surface area contributed by atoms with Crippen molar-refractivity contribution in [2.75, 3.05) is 13.2 Å². The Morgan fingerprint density at radius 1 is 1.05 bits per heavy atom. The van der Waals surface area contributed by atoms with Crippen LogP contribution in [0.25, 0.3) is 0 Å². The monoisotopic (exact) mass is 338 g/mol. The molecule has 0 aromatic heterocycles. The van der Waals surface area contributed by atoms with Gasteiger partial charge >= 0.3 is 7.60 Å². The van der Waals surface area contributed by atoms with Gasteiger partial charge in [-0.05, 0) is 25.0 Å². The van der Waals surface area contributed by atoms with Crippen LogP contribution in [0.2, 0.25) is 0 Å². The maximum Gasteiger partial charge on any atom is 0.344 e. The van der Waals surface area contributed by atoms with Crippen molar-refractivity contribution in [3.8, 4) is 0 Å². The van der Waals surface area contributed by atoms with Crippen LogP contribution in [0.4, 0.5) is 0 Å². The molecule has 0 heterocycles. The molecule has 0 aliphatic heterocycles. The number of rotatable bonds is 12. The maximum atomic E-state index is 13.1. The van der Waals surface area contributed by atoms with E-state index in [1.165, 1.54) is 11.8 Å². The lowest BCUT2D eigenvalue weighted by Crippen LogP contribution is -2.10. The van der Waals surface area contributed by atoms with Crippen LogP contribution >= 0.6 is 19.4 Å². The van der Waals surface area contributed by atoms with E-state index in [0.717, 1.165) is 11.3 Å². The van der Waals surface area contributed by atoms with E-state index in [4.69, 9.17) is 9.05 Å². The average Bonchev–Trinajstić information content (AvgIpc) is 2.55. The van der Waals surface area contributed by atoms with Crippen LogP contribution in [-0.4, -0.2) is 18.2 Å². The van der Waals surface area contributed by atoms with Crippen LogP contribution in [0.1, 0.15) is 12.8 Å². The summed E-state index contributed by atoms with van der Waals surface area (Å²) in [4.78, 5) is 0.731. The quantitative estimate of drug-likeness (QED) is 0.279. The van der Waals surface area contributed by atoms with Crippen molar-refractivity contribution in [3.63, 3.8) is 0 Å². The number of hydrogen-bond donors (Lipinski definition) is 0. The van der Waals surface area contributed by atoms with Crippen LogP contribution < -0.4 is 0 Å². The van der Waals surface area contributed by atoms with E-state index in [2.05, 4.69) is 19.7 Å². The van der Waals surface area contributed by atoms with Crippen LogP contribution in [0.15, 0.2) is 73.2 Å². The van der Waals surface area contributed by atoms with E-state index in [0.29, 0.717) is 6.42 Å². The summed E-state index contributed by atoms with van der Waals surface area (Å²) in [6, 6.07) is 9.82. The molecule has 0 saturated heterocycles. The predicted molar refractivity (Wildman–Crippen MR) is 95.4 cm³/mol. The van der Waals surface area contributed by atoms with E-state index < -0.39 is 7.60 Å². The van der Waals surface area contributed by atoms with E-state index >= 15 is 0 Å². The smallest absolute Gasteiger partial charge is 0.304 e. The first-order chi connectivity index (χ1) is 10.7. The highest BCUT2D eigenvalue weighted by atomic mass is 32.2. The standard InChI is InChI=1S/C17H23O3PS/c1-4-7-13-17(22-16-11-9-8-10-12-16)21(18,19-14-5-2)20-15-6-3/h4-6,8-12,17H,1-3,7,13-15H2. The van der Waals surface area contributed by atoms with Gasteiger partial charge in [-0.25, -0.2) is 0 Å². The molecule has 1 atom stereocenters. The molecule has 1 aromatic rings. The molecule has 0 spiro atoms. The summed E-state index contributed by atoms with van der Waals surface area (Å²) in [5.74, 6) is 0. The second-order valence-corrected chi connectivity index (χ2v) is 8.31. The predicted octanol–water partition coefficient (Wildman–Crippen LogP) is 5.67. The molecule has 0 amide bonds. The first-order valence-electron chi connectivity index (χ1n) is 7.09. The van der Waals surface area contributed by atoms with Crippen molar-refractivity contribution >= 4 is 19.4 Å². The number of thioether (sulfide) groups is 1. The summed E-state index contributed by atoms with van der Waals surface area (Å²) in [6.07, 6.45) is 6.35. The maximum absolute atomic E-state index is 13.1. The molecule has 3 nitrogen and oxygen atoms in total. The summed E-state index contributed by atoms with van der Waals surface area (Å²) in [6.45, 7) is 11.3. The fraction of sp³-hybridized carbons (Fsp3) is 0.294. The lowest BCUT2D eigenvalue weighted by atomic mass is 10.3. The highest BCUT2D eigenvalue weighted by Crippen LogP contribution is 2.60. The normalized spacial score (nSPS) is 12.5. The Labute approximate surface area is 137 Å². The summed E-state index contributed by atoms with van der Waals surface area (Å²) in [7, 11) is -3.29. The molecule has 1 unspecified atom stereocenters. The fourth-order valence-corrected chi connectivity index (χ4v) is 5.34. The van der Waals surface area contributed by atoms with Gasteiger partial charge in [0, 0.05) is 4.90 Å². The first-order valence-corrected chi connectivity index (χ1v) is 9.58. The Hall–Kier alpha value is -1.06. The second-order valence-electron chi connectivity index (χ2n) is 4.46.